The maximum absolute atomic E-state index is 13.1. The zero-order valence-corrected chi connectivity index (χ0v) is 21.3. The number of alkyl carbamates (subject to hydrolysis) is 1. The first-order valence-corrected chi connectivity index (χ1v) is 11.2. The van der Waals surface area contributed by atoms with Crippen LogP contribution >= 0.6 is 0 Å². The Bertz CT molecular complexity index is 1010. The van der Waals surface area contributed by atoms with Gasteiger partial charge in [-0.15, -0.1) is 0 Å². The Morgan fingerprint density at radius 1 is 0.914 bits per heavy atom. The lowest BCUT2D eigenvalue weighted by molar-refractivity contribution is -0.169. The number of amides is 1. The number of nitrogens with one attached hydrogen (secondary N) is 1. The second-order valence-electron chi connectivity index (χ2n) is 9.89. The molecule has 0 bridgehead atoms. The van der Waals surface area contributed by atoms with Gasteiger partial charge in [-0.3, -0.25) is 14.6 Å². The number of hydrogen-bond donors (Lipinski definition) is 1. The number of ether oxygens (including phenoxy) is 4. The van der Waals surface area contributed by atoms with Gasteiger partial charge in [0, 0.05) is 6.20 Å². The average molecular weight is 487 g/mol. The smallest absolute Gasteiger partial charge is 0.408 e. The lowest BCUT2D eigenvalue weighted by atomic mass is 9.93. The van der Waals surface area contributed by atoms with Crippen LogP contribution in [-0.2, 0) is 30.4 Å². The second-order valence-corrected chi connectivity index (χ2v) is 9.89. The normalized spacial score (nSPS) is 13.2. The average Bonchev–Trinajstić information content (AvgIpc) is 2.75. The molecule has 9 heteroatoms. The number of rotatable bonds is 8. The number of methoxy groups -OCH3 is 1. The van der Waals surface area contributed by atoms with Crippen molar-refractivity contribution in [3.63, 3.8) is 0 Å². The summed E-state index contributed by atoms with van der Waals surface area (Å²) < 4.78 is 21.5. The molecule has 2 rings (SSSR count). The largest absolute Gasteiger partial charge is 0.487 e. The summed E-state index contributed by atoms with van der Waals surface area (Å²) in [4.78, 5) is 42.7. The van der Waals surface area contributed by atoms with Crippen LogP contribution in [-0.4, -0.2) is 41.3 Å². The first kappa shape index (κ1) is 27.6. The van der Waals surface area contributed by atoms with Crippen LogP contribution in [0.3, 0.4) is 0 Å². The number of hydrogen-bond acceptors (Lipinski definition) is 8. The Balaban J connectivity index is 2.42. The van der Waals surface area contributed by atoms with Gasteiger partial charge in [-0.2, -0.15) is 0 Å². The van der Waals surface area contributed by atoms with Gasteiger partial charge in [-0.25, -0.2) is 4.79 Å². The number of carbonyl (C=O) groups is 3. The second kappa shape index (κ2) is 11.7. The first-order valence-electron chi connectivity index (χ1n) is 11.2. The monoisotopic (exact) mass is 486 g/mol. The predicted octanol–water partition coefficient (Wildman–Crippen LogP) is 4.36. The minimum Gasteiger partial charge on any atom is -0.487 e. The lowest BCUT2D eigenvalue weighted by Crippen LogP contribution is -2.45. The van der Waals surface area contributed by atoms with E-state index in [1.807, 2.05) is 30.3 Å². The van der Waals surface area contributed by atoms with Crippen LogP contribution in [0, 0.1) is 5.92 Å². The van der Waals surface area contributed by atoms with E-state index in [0.29, 0.717) is 11.3 Å². The summed E-state index contributed by atoms with van der Waals surface area (Å²) in [5.41, 5.74) is -0.399. The van der Waals surface area contributed by atoms with Crippen LogP contribution in [0.25, 0.3) is 0 Å². The molecule has 9 nitrogen and oxygen atoms in total. The summed E-state index contributed by atoms with van der Waals surface area (Å²) in [5.74, 6) is -2.87. The van der Waals surface area contributed by atoms with Crippen molar-refractivity contribution < 1.29 is 33.3 Å². The molecule has 2 atom stereocenters. The van der Waals surface area contributed by atoms with E-state index in [0.717, 1.165) is 12.7 Å². The molecule has 1 heterocycles. The quantitative estimate of drug-likeness (QED) is 0.333. The van der Waals surface area contributed by atoms with Crippen molar-refractivity contribution in [3.05, 3.63) is 59.9 Å². The van der Waals surface area contributed by atoms with Gasteiger partial charge in [0.05, 0.1) is 19.3 Å². The molecule has 0 spiro atoms. The number of benzene rings is 1. The van der Waals surface area contributed by atoms with Crippen LogP contribution in [0.4, 0.5) is 4.79 Å². The fourth-order valence-electron chi connectivity index (χ4n) is 3.08. The van der Waals surface area contributed by atoms with E-state index in [9.17, 15) is 14.4 Å². The molecule has 0 fully saturated rings. The summed E-state index contributed by atoms with van der Waals surface area (Å²) >= 11 is 0. The zero-order valence-electron chi connectivity index (χ0n) is 21.3. The van der Waals surface area contributed by atoms with E-state index < -0.39 is 41.2 Å². The number of carbonyl (C=O) groups excluding carboxylic acids is 3. The van der Waals surface area contributed by atoms with E-state index in [-0.39, 0.29) is 6.61 Å². The fourth-order valence-corrected chi connectivity index (χ4v) is 3.08. The molecule has 2 aromatic rings. The molecule has 1 aromatic carbocycles. The van der Waals surface area contributed by atoms with Gasteiger partial charge in [-0.1, -0.05) is 30.3 Å². The van der Waals surface area contributed by atoms with Crippen LogP contribution in [0.5, 0.6) is 5.75 Å². The van der Waals surface area contributed by atoms with Crippen LogP contribution in [0.1, 0.15) is 58.7 Å². The Hall–Kier alpha value is -3.62. The van der Waals surface area contributed by atoms with Gasteiger partial charge in [0.25, 0.3) is 0 Å². The number of pyridine rings is 1. The molecular weight excluding hydrogens is 452 g/mol. The van der Waals surface area contributed by atoms with Gasteiger partial charge in [0.15, 0.2) is 5.92 Å². The summed E-state index contributed by atoms with van der Waals surface area (Å²) in [7, 11) is 1.15. The van der Waals surface area contributed by atoms with E-state index in [4.69, 9.17) is 18.9 Å². The molecule has 1 aromatic heterocycles. The van der Waals surface area contributed by atoms with Crippen molar-refractivity contribution in [3.8, 4) is 5.75 Å². The number of nitrogens with zero attached hydrogens (tertiary/aromatic N) is 1. The van der Waals surface area contributed by atoms with Crippen molar-refractivity contribution in [2.75, 3.05) is 7.11 Å². The molecule has 0 saturated carbocycles. The Labute approximate surface area is 206 Å². The third kappa shape index (κ3) is 9.27. The lowest BCUT2D eigenvalue weighted by Gasteiger charge is -2.29. The van der Waals surface area contributed by atoms with Crippen molar-refractivity contribution in [1.82, 2.24) is 10.3 Å². The van der Waals surface area contributed by atoms with Crippen molar-refractivity contribution in [2.45, 2.75) is 65.4 Å². The summed E-state index contributed by atoms with van der Waals surface area (Å²) in [6, 6.07) is 9.94. The number of aromatic nitrogens is 1. The highest BCUT2D eigenvalue weighted by molar-refractivity contribution is 5.96. The molecule has 1 unspecified atom stereocenters. The maximum Gasteiger partial charge on any atom is 0.408 e. The van der Waals surface area contributed by atoms with E-state index in [1.165, 1.54) is 12.4 Å². The molecule has 35 heavy (non-hydrogen) atoms. The molecule has 0 radical (unpaired) electrons. The third-order valence-corrected chi connectivity index (χ3v) is 4.46. The van der Waals surface area contributed by atoms with Gasteiger partial charge in [0.1, 0.15) is 23.6 Å². The van der Waals surface area contributed by atoms with Crippen LogP contribution < -0.4 is 10.1 Å². The van der Waals surface area contributed by atoms with Crippen molar-refractivity contribution >= 4 is 18.0 Å². The summed E-state index contributed by atoms with van der Waals surface area (Å²) in [6.45, 7) is 10.4. The van der Waals surface area contributed by atoms with Crippen LogP contribution in [0.15, 0.2) is 48.8 Å². The highest BCUT2D eigenvalue weighted by Crippen LogP contribution is 2.29. The molecule has 1 N–H and O–H groups in total. The fraction of sp³-hybridized carbons (Fsp3) is 0.462. The molecule has 0 aliphatic rings. The molecule has 0 aliphatic heterocycles. The number of esters is 2. The highest BCUT2D eigenvalue weighted by Gasteiger charge is 2.41. The zero-order chi connectivity index (χ0) is 26.2. The van der Waals surface area contributed by atoms with Gasteiger partial charge in [-0.05, 0) is 58.7 Å². The molecule has 1 amide bonds. The van der Waals surface area contributed by atoms with E-state index in [2.05, 4.69) is 10.3 Å². The van der Waals surface area contributed by atoms with E-state index >= 15 is 0 Å². The first-order chi connectivity index (χ1) is 16.3. The maximum atomic E-state index is 13.1. The van der Waals surface area contributed by atoms with Gasteiger partial charge < -0.3 is 24.3 Å². The molecule has 0 saturated heterocycles. The van der Waals surface area contributed by atoms with Crippen molar-refractivity contribution in [2.24, 2.45) is 5.92 Å². The third-order valence-electron chi connectivity index (χ3n) is 4.46. The van der Waals surface area contributed by atoms with E-state index in [1.54, 1.807) is 47.6 Å². The molecular formula is C26H34N2O7. The highest BCUT2D eigenvalue weighted by atomic mass is 16.6. The standard InChI is InChI=1S/C26H34N2O7/c1-25(2,3)34-23(30)20(22(29)32-7)21(28-24(31)35-26(4,5)6)18-13-19(15-27-14-18)33-16-17-11-9-8-10-12-17/h8-15,20-21H,16H2,1-7H3,(H,28,31)/t20?,21-/m1/s1. The minimum absolute atomic E-state index is 0.280. The Morgan fingerprint density at radius 2 is 1.54 bits per heavy atom. The van der Waals surface area contributed by atoms with Crippen LogP contribution in [0.2, 0.25) is 0 Å². The topological polar surface area (TPSA) is 113 Å². The summed E-state index contributed by atoms with van der Waals surface area (Å²) in [6.07, 6.45) is 2.10. The van der Waals surface area contributed by atoms with Gasteiger partial charge in [0.2, 0.25) is 0 Å². The SMILES string of the molecule is COC(=O)C(C(=O)OC(C)(C)C)[C@H](NC(=O)OC(C)(C)C)c1cncc(OCc2ccccc2)c1. The predicted molar refractivity (Wildman–Crippen MR) is 128 cm³/mol. The minimum atomic E-state index is -1.52. The summed E-state index contributed by atoms with van der Waals surface area (Å²) in [5, 5.41) is 2.61. The Kier molecular flexibility index (Phi) is 9.22. The van der Waals surface area contributed by atoms with Gasteiger partial charge >= 0.3 is 18.0 Å². The molecule has 190 valence electrons. The Morgan fingerprint density at radius 3 is 2.11 bits per heavy atom. The molecule has 0 aliphatic carbocycles. The van der Waals surface area contributed by atoms with Crippen molar-refractivity contribution in [1.29, 1.82) is 0 Å².